The minimum absolute atomic E-state index is 0.0932. The summed E-state index contributed by atoms with van der Waals surface area (Å²) in [6.07, 6.45) is 7.11. The molecule has 0 saturated carbocycles. The Kier molecular flexibility index (Phi) is 9.14. The van der Waals surface area contributed by atoms with Crippen LogP contribution < -0.4 is 10.1 Å². The fourth-order valence-electron chi connectivity index (χ4n) is 4.82. The summed E-state index contributed by atoms with van der Waals surface area (Å²) < 4.78 is 13.0. The Morgan fingerprint density at radius 1 is 0.870 bits per heavy atom. The van der Waals surface area contributed by atoms with Gasteiger partial charge in [0.25, 0.3) is 5.91 Å². The maximum absolute atomic E-state index is 12.8. The molecule has 0 bridgehead atoms. The average Bonchev–Trinajstić information content (AvgIpc) is 3.57. The molecule has 3 heterocycles. The molecule has 1 amide bonds. The predicted octanol–water partition coefficient (Wildman–Crippen LogP) is 5.58. The summed E-state index contributed by atoms with van der Waals surface area (Å²) in [6, 6.07) is 34.0. The number of hydrogen-bond donors (Lipinski definition) is 1. The first-order valence-corrected chi connectivity index (χ1v) is 14.5. The van der Waals surface area contributed by atoms with Gasteiger partial charge in [0.05, 0.1) is 35.5 Å². The number of para-hydroxylation sites is 1. The van der Waals surface area contributed by atoms with Gasteiger partial charge in [-0.2, -0.15) is 0 Å². The number of carbonyl (C=O) groups is 1. The van der Waals surface area contributed by atoms with Gasteiger partial charge in [-0.3, -0.25) is 15.1 Å². The maximum atomic E-state index is 12.8. The van der Waals surface area contributed by atoms with E-state index in [0.29, 0.717) is 34.9 Å². The van der Waals surface area contributed by atoms with E-state index in [2.05, 4.69) is 31.5 Å². The SMILES string of the molecule is C#Cc1cccc(-c2cc(-c3cn(Cc4cccc(C(OC)c5ccccc5)n4)nn3)nc(NC(=O)COc3ccccc3)n2)c1. The molecule has 10 nitrogen and oxygen atoms in total. The molecule has 0 spiro atoms. The Morgan fingerprint density at radius 2 is 1.63 bits per heavy atom. The molecular formula is C36H29N7O3. The molecule has 0 aliphatic heterocycles. The van der Waals surface area contributed by atoms with Crippen LogP contribution in [0.4, 0.5) is 5.95 Å². The van der Waals surface area contributed by atoms with Gasteiger partial charge in [0.1, 0.15) is 17.5 Å². The number of methoxy groups -OCH3 is 1. The lowest BCUT2D eigenvalue weighted by atomic mass is 10.1. The van der Waals surface area contributed by atoms with Crippen molar-refractivity contribution in [2.45, 2.75) is 12.6 Å². The number of pyridine rings is 1. The van der Waals surface area contributed by atoms with Crippen molar-refractivity contribution in [2.75, 3.05) is 19.0 Å². The molecule has 0 fully saturated rings. The summed E-state index contributed by atoms with van der Waals surface area (Å²) in [5.74, 6) is 2.90. The van der Waals surface area contributed by atoms with Gasteiger partial charge in [0.2, 0.25) is 5.95 Å². The van der Waals surface area contributed by atoms with Crippen LogP contribution >= 0.6 is 0 Å². The third-order valence-corrected chi connectivity index (χ3v) is 6.98. The number of nitrogens with zero attached hydrogens (tertiary/aromatic N) is 6. The molecule has 1 atom stereocenters. The number of ether oxygens (including phenoxy) is 2. The Bertz CT molecular complexity index is 1990. The van der Waals surface area contributed by atoms with Crippen LogP contribution in [0.5, 0.6) is 5.75 Å². The number of anilines is 1. The molecule has 1 N–H and O–H groups in total. The average molecular weight is 608 g/mol. The third kappa shape index (κ3) is 7.30. The van der Waals surface area contributed by atoms with Crippen molar-refractivity contribution < 1.29 is 14.3 Å². The molecule has 46 heavy (non-hydrogen) atoms. The lowest BCUT2D eigenvalue weighted by Crippen LogP contribution is -2.21. The van der Waals surface area contributed by atoms with Crippen LogP contribution in [-0.4, -0.2) is 49.6 Å². The van der Waals surface area contributed by atoms with E-state index in [1.54, 1.807) is 36.2 Å². The van der Waals surface area contributed by atoms with Crippen LogP contribution in [0.1, 0.15) is 28.6 Å². The molecule has 0 aliphatic carbocycles. The summed E-state index contributed by atoms with van der Waals surface area (Å²) >= 11 is 0. The highest BCUT2D eigenvalue weighted by atomic mass is 16.5. The van der Waals surface area contributed by atoms with E-state index in [1.807, 2.05) is 91.0 Å². The highest BCUT2D eigenvalue weighted by Crippen LogP contribution is 2.26. The number of terminal acetylenes is 1. The van der Waals surface area contributed by atoms with Gasteiger partial charge in [0, 0.05) is 18.2 Å². The molecule has 0 radical (unpaired) electrons. The monoisotopic (exact) mass is 607 g/mol. The Hall–Kier alpha value is -6.18. The Labute approximate surface area is 266 Å². The van der Waals surface area contributed by atoms with Crippen LogP contribution in [0.15, 0.2) is 115 Å². The summed E-state index contributed by atoms with van der Waals surface area (Å²) in [4.78, 5) is 26.8. The molecule has 6 aromatic rings. The fraction of sp³-hybridized carbons (Fsp3) is 0.111. The summed E-state index contributed by atoms with van der Waals surface area (Å²) in [5.41, 5.74) is 5.55. The molecule has 10 heteroatoms. The highest BCUT2D eigenvalue weighted by Gasteiger charge is 2.17. The second-order valence-corrected chi connectivity index (χ2v) is 10.2. The van der Waals surface area contributed by atoms with E-state index in [9.17, 15) is 4.79 Å². The number of amides is 1. The van der Waals surface area contributed by atoms with E-state index in [4.69, 9.17) is 20.9 Å². The first kappa shape index (κ1) is 29.9. The lowest BCUT2D eigenvalue weighted by Gasteiger charge is -2.16. The molecule has 6 rings (SSSR count). The van der Waals surface area contributed by atoms with Crippen LogP contribution in [-0.2, 0) is 16.1 Å². The van der Waals surface area contributed by atoms with E-state index in [-0.39, 0.29) is 18.7 Å². The number of benzene rings is 3. The van der Waals surface area contributed by atoms with Gasteiger partial charge in [-0.25, -0.2) is 14.6 Å². The van der Waals surface area contributed by atoms with E-state index in [0.717, 1.165) is 22.5 Å². The molecule has 226 valence electrons. The van der Waals surface area contributed by atoms with Crippen LogP contribution in [0, 0.1) is 12.3 Å². The smallest absolute Gasteiger partial charge is 0.264 e. The van der Waals surface area contributed by atoms with Crippen LogP contribution in [0.25, 0.3) is 22.6 Å². The van der Waals surface area contributed by atoms with Gasteiger partial charge in [-0.15, -0.1) is 11.5 Å². The summed E-state index contributed by atoms with van der Waals surface area (Å²) in [6.45, 7) is 0.157. The van der Waals surface area contributed by atoms with Gasteiger partial charge >= 0.3 is 0 Å². The molecule has 3 aromatic carbocycles. The maximum Gasteiger partial charge on any atom is 0.264 e. The normalized spacial score (nSPS) is 11.4. The molecular weight excluding hydrogens is 578 g/mol. The third-order valence-electron chi connectivity index (χ3n) is 6.98. The highest BCUT2D eigenvalue weighted by molar-refractivity contribution is 5.90. The predicted molar refractivity (Wildman–Crippen MR) is 174 cm³/mol. The number of nitrogens with one attached hydrogen (secondary N) is 1. The van der Waals surface area contributed by atoms with Crippen LogP contribution in [0.2, 0.25) is 0 Å². The van der Waals surface area contributed by atoms with Crippen molar-refractivity contribution in [2.24, 2.45) is 0 Å². The van der Waals surface area contributed by atoms with Crippen LogP contribution in [0.3, 0.4) is 0 Å². The standard InChI is InChI=1S/C36H29N7O3/c1-3-25-12-10-15-27(20-25)31-21-32(39-36(38-31)40-34(44)24-46-29-17-8-5-9-18-29)33-23-43(42-41-33)22-28-16-11-19-30(37-28)35(45-2)26-13-6-4-7-14-26/h1,4-21,23,35H,22,24H2,2H3,(H,38,39,40,44). The zero-order valence-corrected chi connectivity index (χ0v) is 24.9. The van der Waals surface area contributed by atoms with E-state index in [1.165, 1.54) is 0 Å². The quantitative estimate of drug-likeness (QED) is 0.190. The largest absolute Gasteiger partial charge is 0.484 e. The minimum atomic E-state index is -0.413. The number of carbonyl (C=O) groups excluding carboxylic acids is 1. The first-order chi connectivity index (χ1) is 22.6. The zero-order valence-electron chi connectivity index (χ0n) is 24.9. The first-order valence-electron chi connectivity index (χ1n) is 14.5. The second kappa shape index (κ2) is 14.1. The lowest BCUT2D eigenvalue weighted by molar-refractivity contribution is -0.118. The van der Waals surface area contributed by atoms with Crippen molar-refractivity contribution >= 4 is 11.9 Å². The Morgan fingerprint density at radius 3 is 2.41 bits per heavy atom. The van der Waals surface area contributed by atoms with Crippen molar-refractivity contribution in [3.05, 3.63) is 138 Å². The summed E-state index contributed by atoms with van der Waals surface area (Å²) in [7, 11) is 1.67. The van der Waals surface area contributed by atoms with Crippen molar-refractivity contribution in [1.82, 2.24) is 29.9 Å². The minimum Gasteiger partial charge on any atom is -0.484 e. The topological polar surface area (TPSA) is 117 Å². The number of aromatic nitrogens is 6. The van der Waals surface area contributed by atoms with Crippen molar-refractivity contribution in [3.8, 4) is 40.7 Å². The van der Waals surface area contributed by atoms with Gasteiger partial charge in [0.15, 0.2) is 6.61 Å². The number of hydrogen-bond acceptors (Lipinski definition) is 8. The molecule has 0 saturated heterocycles. The number of rotatable bonds is 11. The van der Waals surface area contributed by atoms with Gasteiger partial charge in [-0.1, -0.05) is 77.9 Å². The van der Waals surface area contributed by atoms with Crippen molar-refractivity contribution in [1.29, 1.82) is 0 Å². The molecule has 3 aromatic heterocycles. The van der Waals surface area contributed by atoms with Gasteiger partial charge < -0.3 is 9.47 Å². The zero-order chi connectivity index (χ0) is 31.7. The second-order valence-electron chi connectivity index (χ2n) is 10.2. The molecule has 0 aliphatic rings. The molecule has 1 unspecified atom stereocenters. The van der Waals surface area contributed by atoms with Crippen molar-refractivity contribution in [3.63, 3.8) is 0 Å². The van der Waals surface area contributed by atoms with E-state index >= 15 is 0 Å². The Balaban J connectivity index is 1.25. The summed E-state index contributed by atoms with van der Waals surface area (Å²) in [5, 5.41) is 11.4. The van der Waals surface area contributed by atoms with Gasteiger partial charge in [-0.05, 0) is 48.0 Å². The fourth-order valence-corrected chi connectivity index (χ4v) is 4.82. The van der Waals surface area contributed by atoms with E-state index < -0.39 is 5.91 Å².